The van der Waals surface area contributed by atoms with Crippen LogP contribution < -0.4 is 9.47 Å². The van der Waals surface area contributed by atoms with Crippen molar-refractivity contribution in [2.24, 2.45) is 0 Å². The van der Waals surface area contributed by atoms with Gasteiger partial charge in [-0.05, 0) is 31.2 Å². The van der Waals surface area contributed by atoms with E-state index >= 15 is 0 Å². The Morgan fingerprint density at radius 2 is 2.05 bits per heavy atom. The summed E-state index contributed by atoms with van der Waals surface area (Å²) in [6, 6.07) is 5.96. The van der Waals surface area contributed by atoms with Gasteiger partial charge in [0, 0.05) is 36.3 Å². The van der Waals surface area contributed by atoms with Gasteiger partial charge >= 0.3 is 0 Å². The zero-order valence-corrected chi connectivity index (χ0v) is 13.5. The molecule has 1 N–H and O–H groups in total. The highest BCUT2D eigenvalue weighted by molar-refractivity contribution is 5.67. The summed E-state index contributed by atoms with van der Waals surface area (Å²) in [5, 5.41) is 7.75. The standard InChI is InChI=1S/C17H23N3O2/c1-4-8-20-9-7-14-13(11-20)17(19-18-14)12-5-6-15(21-2)16(10-12)22-3/h5-6,10H,4,7-9,11H2,1-3H3,(H,18,19). The zero-order valence-electron chi connectivity index (χ0n) is 13.5. The van der Waals surface area contributed by atoms with E-state index in [1.165, 1.54) is 17.7 Å². The monoisotopic (exact) mass is 301 g/mol. The van der Waals surface area contributed by atoms with Crippen LogP contribution in [-0.2, 0) is 13.0 Å². The first-order valence-electron chi connectivity index (χ1n) is 7.77. The number of nitrogens with one attached hydrogen (secondary N) is 1. The summed E-state index contributed by atoms with van der Waals surface area (Å²) in [5.41, 5.74) is 4.66. The smallest absolute Gasteiger partial charge is 0.161 e. The fraction of sp³-hybridized carbons (Fsp3) is 0.471. The van der Waals surface area contributed by atoms with E-state index in [1.54, 1.807) is 14.2 Å². The first-order valence-corrected chi connectivity index (χ1v) is 7.77. The summed E-state index contributed by atoms with van der Waals surface area (Å²) in [5.74, 6) is 1.47. The molecule has 1 aliphatic rings. The Bertz CT molecular complexity index is 651. The number of hydrogen-bond donors (Lipinski definition) is 1. The first kappa shape index (κ1) is 14.9. The molecule has 0 aliphatic carbocycles. The van der Waals surface area contributed by atoms with Gasteiger partial charge in [0.2, 0.25) is 0 Å². The number of ether oxygens (including phenoxy) is 2. The van der Waals surface area contributed by atoms with Crippen LogP contribution in [0.25, 0.3) is 11.3 Å². The minimum absolute atomic E-state index is 0.734. The third kappa shape index (κ3) is 2.68. The molecule has 5 heteroatoms. The van der Waals surface area contributed by atoms with Gasteiger partial charge in [-0.1, -0.05) is 6.92 Å². The molecule has 2 heterocycles. The van der Waals surface area contributed by atoms with E-state index in [0.29, 0.717) is 0 Å². The normalized spacial score (nSPS) is 14.7. The van der Waals surface area contributed by atoms with E-state index in [4.69, 9.17) is 9.47 Å². The van der Waals surface area contributed by atoms with Crippen LogP contribution in [-0.4, -0.2) is 42.4 Å². The Hall–Kier alpha value is -2.01. The van der Waals surface area contributed by atoms with Crippen molar-refractivity contribution < 1.29 is 9.47 Å². The zero-order chi connectivity index (χ0) is 15.5. The van der Waals surface area contributed by atoms with Gasteiger partial charge in [-0.3, -0.25) is 10.00 Å². The van der Waals surface area contributed by atoms with Crippen LogP contribution >= 0.6 is 0 Å². The number of fused-ring (bicyclic) bond motifs is 1. The average Bonchev–Trinajstić information content (AvgIpc) is 2.97. The Morgan fingerprint density at radius 1 is 1.23 bits per heavy atom. The molecule has 0 bridgehead atoms. The number of nitrogens with zero attached hydrogens (tertiary/aromatic N) is 2. The van der Waals surface area contributed by atoms with Crippen LogP contribution in [0, 0.1) is 0 Å². The maximum atomic E-state index is 5.41. The van der Waals surface area contributed by atoms with Gasteiger partial charge < -0.3 is 9.47 Å². The van der Waals surface area contributed by atoms with E-state index in [-0.39, 0.29) is 0 Å². The lowest BCUT2D eigenvalue weighted by Crippen LogP contribution is -2.31. The van der Waals surface area contributed by atoms with Gasteiger partial charge in [-0.25, -0.2) is 0 Å². The number of benzene rings is 1. The highest BCUT2D eigenvalue weighted by atomic mass is 16.5. The predicted molar refractivity (Wildman–Crippen MR) is 86.4 cm³/mol. The Morgan fingerprint density at radius 3 is 2.77 bits per heavy atom. The van der Waals surface area contributed by atoms with Crippen molar-refractivity contribution >= 4 is 0 Å². The largest absolute Gasteiger partial charge is 0.493 e. The van der Waals surface area contributed by atoms with Crippen molar-refractivity contribution in [3.05, 3.63) is 29.5 Å². The molecule has 0 fully saturated rings. The van der Waals surface area contributed by atoms with Gasteiger partial charge in [0.15, 0.2) is 11.5 Å². The quantitative estimate of drug-likeness (QED) is 0.922. The molecule has 0 unspecified atom stereocenters. The molecule has 118 valence electrons. The molecule has 0 saturated carbocycles. The average molecular weight is 301 g/mol. The SMILES string of the molecule is CCCN1CCc2[nH]nc(-c3ccc(OC)c(OC)c3)c2C1. The third-order valence-corrected chi connectivity index (χ3v) is 4.21. The Kier molecular flexibility index (Phi) is 4.34. The maximum absolute atomic E-state index is 5.41. The fourth-order valence-corrected chi connectivity index (χ4v) is 3.08. The van der Waals surface area contributed by atoms with E-state index in [9.17, 15) is 0 Å². The molecule has 1 aromatic carbocycles. The molecule has 1 aliphatic heterocycles. The molecule has 0 amide bonds. The molecule has 22 heavy (non-hydrogen) atoms. The highest BCUT2D eigenvalue weighted by Crippen LogP contribution is 2.34. The van der Waals surface area contributed by atoms with Gasteiger partial charge in [-0.15, -0.1) is 0 Å². The second-order valence-corrected chi connectivity index (χ2v) is 5.63. The highest BCUT2D eigenvalue weighted by Gasteiger charge is 2.22. The summed E-state index contributed by atoms with van der Waals surface area (Å²) in [7, 11) is 3.31. The summed E-state index contributed by atoms with van der Waals surface area (Å²) in [6.45, 7) is 5.42. The maximum Gasteiger partial charge on any atom is 0.161 e. The van der Waals surface area contributed by atoms with Crippen molar-refractivity contribution in [3.8, 4) is 22.8 Å². The van der Waals surface area contributed by atoms with Gasteiger partial charge in [0.25, 0.3) is 0 Å². The van der Waals surface area contributed by atoms with Crippen LogP contribution in [0.4, 0.5) is 0 Å². The second kappa shape index (κ2) is 6.40. The number of aromatic nitrogens is 2. The molecule has 5 nitrogen and oxygen atoms in total. The van der Waals surface area contributed by atoms with Gasteiger partial charge in [0.05, 0.1) is 19.9 Å². The van der Waals surface area contributed by atoms with Crippen molar-refractivity contribution in [2.45, 2.75) is 26.3 Å². The molecule has 3 rings (SSSR count). The van der Waals surface area contributed by atoms with Crippen molar-refractivity contribution in [1.82, 2.24) is 15.1 Å². The van der Waals surface area contributed by atoms with Gasteiger partial charge in [0.1, 0.15) is 0 Å². The van der Waals surface area contributed by atoms with E-state index < -0.39 is 0 Å². The molecule has 2 aromatic rings. The van der Waals surface area contributed by atoms with Crippen molar-refractivity contribution in [2.75, 3.05) is 27.3 Å². The van der Waals surface area contributed by atoms with Crippen LogP contribution in [0.1, 0.15) is 24.6 Å². The molecule has 0 radical (unpaired) electrons. The van der Waals surface area contributed by atoms with E-state index in [2.05, 4.69) is 22.0 Å². The lowest BCUT2D eigenvalue weighted by atomic mass is 10.0. The van der Waals surface area contributed by atoms with Crippen LogP contribution in [0.15, 0.2) is 18.2 Å². The van der Waals surface area contributed by atoms with Crippen molar-refractivity contribution in [3.63, 3.8) is 0 Å². The summed E-state index contributed by atoms with van der Waals surface area (Å²) < 4.78 is 10.7. The third-order valence-electron chi connectivity index (χ3n) is 4.21. The van der Waals surface area contributed by atoms with E-state index in [0.717, 1.165) is 48.8 Å². The molecule has 1 aromatic heterocycles. The fourth-order valence-electron chi connectivity index (χ4n) is 3.08. The first-order chi connectivity index (χ1) is 10.8. The summed E-state index contributed by atoms with van der Waals surface area (Å²) in [4.78, 5) is 2.49. The van der Waals surface area contributed by atoms with Crippen LogP contribution in [0.3, 0.4) is 0 Å². The molecule has 0 atom stereocenters. The van der Waals surface area contributed by atoms with Crippen molar-refractivity contribution in [1.29, 1.82) is 0 Å². The number of H-pyrrole nitrogens is 1. The number of aromatic amines is 1. The van der Waals surface area contributed by atoms with E-state index in [1.807, 2.05) is 18.2 Å². The topological polar surface area (TPSA) is 50.4 Å². The number of hydrogen-bond acceptors (Lipinski definition) is 4. The lowest BCUT2D eigenvalue weighted by molar-refractivity contribution is 0.254. The molecule has 0 spiro atoms. The second-order valence-electron chi connectivity index (χ2n) is 5.63. The predicted octanol–water partition coefficient (Wildman–Crippen LogP) is 2.86. The Balaban J connectivity index is 1.95. The van der Waals surface area contributed by atoms with Gasteiger partial charge in [-0.2, -0.15) is 5.10 Å². The van der Waals surface area contributed by atoms with Crippen LogP contribution in [0.2, 0.25) is 0 Å². The molecular formula is C17H23N3O2. The minimum Gasteiger partial charge on any atom is -0.493 e. The van der Waals surface area contributed by atoms with Crippen LogP contribution in [0.5, 0.6) is 11.5 Å². The molecule has 0 saturated heterocycles. The minimum atomic E-state index is 0.734. The summed E-state index contributed by atoms with van der Waals surface area (Å²) in [6.07, 6.45) is 2.22. The molecular weight excluding hydrogens is 278 g/mol. The summed E-state index contributed by atoms with van der Waals surface area (Å²) >= 11 is 0. The lowest BCUT2D eigenvalue weighted by Gasteiger charge is -2.26. The number of rotatable bonds is 5. The Labute approximate surface area is 131 Å². The number of methoxy groups -OCH3 is 2.